The molecule has 0 unspecified atom stereocenters. The highest BCUT2D eigenvalue weighted by molar-refractivity contribution is 5.91. The highest BCUT2D eigenvalue weighted by Crippen LogP contribution is 2.27. The Kier molecular flexibility index (Phi) is 6.48. The van der Waals surface area contributed by atoms with Crippen LogP contribution in [0.3, 0.4) is 0 Å². The molecule has 1 saturated heterocycles. The molecule has 2 aromatic carbocycles. The van der Waals surface area contributed by atoms with E-state index in [2.05, 4.69) is 53.3 Å². The molecule has 0 aliphatic carbocycles. The van der Waals surface area contributed by atoms with Gasteiger partial charge in [0.25, 0.3) is 0 Å². The second kappa shape index (κ2) is 9.22. The number of pyridine rings is 1. The summed E-state index contributed by atoms with van der Waals surface area (Å²) in [5.74, 6) is 0.471. The van der Waals surface area contributed by atoms with Gasteiger partial charge in [-0.05, 0) is 48.6 Å². The molecule has 3 aromatic rings. The number of nitrogens with zero attached hydrogens (tertiary/aromatic N) is 2. The van der Waals surface area contributed by atoms with E-state index in [-0.39, 0.29) is 0 Å². The molecule has 0 radical (unpaired) electrons. The number of amides is 1. The van der Waals surface area contributed by atoms with Crippen LogP contribution < -0.4 is 10.2 Å². The van der Waals surface area contributed by atoms with E-state index in [0.717, 1.165) is 5.52 Å². The molecule has 28 heavy (non-hydrogen) atoms. The number of fused-ring (bicyclic) bond motifs is 1. The monoisotopic (exact) mass is 377 g/mol. The summed E-state index contributed by atoms with van der Waals surface area (Å²) in [6.07, 6.45) is 3.51. The summed E-state index contributed by atoms with van der Waals surface area (Å²) in [6.45, 7) is 6.57. The Morgan fingerprint density at radius 2 is 1.71 bits per heavy atom. The molecule has 1 aliphatic rings. The third kappa shape index (κ3) is 5.00. The SMILES string of the molecule is CC(C)c1ccc(NC(=O)O)cc1.c1ccc2c(N3CCCC3)ccnc2c1. The molecule has 146 valence electrons. The molecule has 2 N–H and O–H groups in total. The first-order valence-electron chi connectivity index (χ1n) is 9.73. The van der Waals surface area contributed by atoms with Crippen LogP contribution in [-0.4, -0.2) is 29.3 Å². The van der Waals surface area contributed by atoms with Crippen molar-refractivity contribution in [2.24, 2.45) is 0 Å². The highest BCUT2D eigenvalue weighted by Gasteiger charge is 2.14. The second-order valence-electron chi connectivity index (χ2n) is 7.25. The molecule has 1 aliphatic heterocycles. The van der Waals surface area contributed by atoms with Crippen molar-refractivity contribution in [3.8, 4) is 0 Å². The molecular formula is C23H27N3O2. The van der Waals surface area contributed by atoms with Gasteiger partial charge in [-0.1, -0.05) is 44.2 Å². The Hall–Kier alpha value is -3.08. The molecule has 0 spiro atoms. The predicted molar refractivity (Wildman–Crippen MR) is 115 cm³/mol. The van der Waals surface area contributed by atoms with Crippen molar-refractivity contribution < 1.29 is 9.90 Å². The standard InChI is InChI=1S/C13H14N2.C10H13NO2/c1-2-6-12-11(5-1)13(7-8-14-12)15-9-3-4-10-15;1-7(2)8-3-5-9(6-4-8)11-10(12)13/h1-2,5-8H,3-4,9-10H2;3-7,11H,1-2H3,(H,12,13). The molecule has 4 rings (SSSR count). The van der Waals surface area contributed by atoms with Gasteiger partial charge in [-0.15, -0.1) is 0 Å². The van der Waals surface area contributed by atoms with Gasteiger partial charge in [-0.3, -0.25) is 10.3 Å². The van der Waals surface area contributed by atoms with E-state index in [1.165, 1.54) is 42.6 Å². The zero-order valence-electron chi connectivity index (χ0n) is 16.4. The van der Waals surface area contributed by atoms with Gasteiger partial charge >= 0.3 is 6.09 Å². The molecule has 1 amide bonds. The Bertz CT molecular complexity index is 911. The Morgan fingerprint density at radius 3 is 2.36 bits per heavy atom. The van der Waals surface area contributed by atoms with E-state index in [4.69, 9.17) is 5.11 Å². The number of anilines is 2. The minimum Gasteiger partial charge on any atom is -0.465 e. The fourth-order valence-electron chi connectivity index (χ4n) is 3.39. The maximum atomic E-state index is 10.3. The lowest BCUT2D eigenvalue weighted by molar-refractivity contribution is 0.210. The minimum atomic E-state index is -1.03. The average Bonchev–Trinajstić information content (AvgIpc) is 3.22. The van der Waals surface area contributed by atoms with E-state index < -0.39 is 6.09 Å². The first kappa shape index (κ1) is 19.7. The molecule has 0 bridgehead atoms. The summed E-state index contributed by atoms with van der Waals surface area (Å²) in [5, 5.41) is 12.0. The number of aromatic nitrogens is 1. The molecule has 0 saturated carbocycles. The van der Waals surface area contributed by atoms with Crippen LogP contribution in [0.2, 0.25) is 0 Å². The number of hydrogen-bond acceptors (Lipinski definition) is 3. The van der Waals surface area contributed by atoms with Crippen molar-refractivity contribution >= 4 is 28.4 Å². The van der Waals surface area contributed by atoms with Gasteiger partial charge in [0.05, 0.1) is 5.52 Å². The number of rotatable bonds is 3. The third-order valence-corrected chi connectivity index (χ3v) is 4.90. The number of carboxylic acid groups (broad SMARTS) is 1. The zero-order valence-corrected chi connectivity index (χ0v) is 16.4. The van der Waals surface area contributed by atoms with Crippen LogP contribution in [0.4, 0.5) is 16.2 Å². The average molecular weight is 377 g/mol. The molecule has 5 heteroatoms. The lowest BCUT2D eigenvalue weighted by Gasteiger charge is -2.19. The van der Waals surface area contributed by atoms with Crippen LogP contribution in [-0.2, 0) is 0 Å². The molecule has 5 nitrogen and oxygen atoms in total. The van der Waals surface area contributed by atoms with Gasteiger partial charge in [0.15, 0.2) is 0 Å². The van der Waals surface area contributed by atoms with Crippen LogP contribution in [0.5, 0.6) is 0 Å². The van der Waals surface area contributed by atoms with Crippen LogP contribution in [0, 0.1) is 0 Å². The second-order valence-corrected chi connectivity index (χ2v) is 7.25. The first-order valence-corrected chi connectivity index (χ1v) is 9.73. The van der Waals surface area contributed by atoms with Gasteiger partial charge in [0.1, 0.15) is 0 Å². The molecule has 1 aromatic heterocycles. The quantitative estimate of drug-likeness (QED) is 0.611. The fraction of sp³-hybridized carbons (Fsp3) is 0.304. The molecular weight excluding hydrogens is 350 g/mol. The van der Waals surface area contributed by atoms with E-state index >= 15 is 0 Å². The van der Waals surface area contributed by atoms with E-state index in [0.29, 0.717) is 11.6 Å². The van der Waals surface area contributed by atoms with Gasteiger partial charge in [0, 0.05) is 36.0 Å². The van der Waals surface area contributed by atoms with Crippen LogP contribution in [0.15, 0.2) is 60.8 Å². The maximum absolute atomic E-state index is 10.3. The van der Waals surface area contributed by atoms with Crippen molar-refractivity contribution in [3.05, 3.63) is 66.4 Å². The lowest BCUT2D eigenvalue weighted by atomic mass is 10.0. The summed E-state index contributed by atoms with van der Waals surface area (Å²) in [4.78, 5) is 17.1. The normalized spacial score (nSPS) is 13.3. The number of para-hydroxylation sites is 1. The zero-order chi connectivity index (χ0) is 19.9. The van der Waals surface area contributed by atoms with Gasteiger partial charge < -0.3 is 10.0 Å². The van der Waals surface area contributed by atoms with Gasteiger partial charge in [-0.25, -0.2) is 4.79 Å². The Morgan fingerprint density at radius 1 is 1.04 bits per heavy atom. The summed E-state index contributed by atoms with van der Waals surface area (Å²) >= 11 is 0. The van der Waals surface area contributed by atoms with Crippen LogP contribution >= 0.6 is 0 Å². The maximum Gasteiger partial charge on any atom is 0.409 e. The van der Waals surface area contributed by atoms with E-state index in [1.54, 1.807) is 12.1 Å². The topological polar surface area (TPSA) is 65.5 Å². The number of carbonyl (C=O) groups is 1. The number of hydrogen-bond donors (Lipinski definition) is 2. The fourth-order valence-corrected chi connectivity index (χ4v) is 3.39. The summed E-state index contributed by atoms with van der Waals surface area (Å²) in [7, 11) is 0. The molecule has 0 atom stereocenters. The van der Waals surface area contributed by atoms with Crippen molar-refractivity contribution in [1.82, 2.24) is 4.98 Å². The third-order valence-electron chi connectivity index (χ3n) is 4.90. The van der Waals surface area contributed by atoms with Crippen LogP contribution in [0.1, 0.15) is 38.2 Å². The summed E-state index contributed by atoms with van der Waals surface area (Å²) < 4.78 is 0. The minimum absolute atomic E-state index is 0.471. The van der Waals surface area contributed by atoms with Crippen molar-refractivity contribution in [2.45, 2.75) is 32.6 Å². The van der Waals surface area contributed by atoms with Crippen molar-refractivity contribution in [1.29, 1.82) is 0 Å². The lowest BCUT2D eigenvalue weighted by Crippen LogP contribution is -2.17. The summed E-state index contributed by atoms with van der Waals surface area (Å²) in [6, 6.07) is 17.9. The molecule has 1 fully saturated rings. The van der Waals surface area contributed by atoms with E-state index in [1.807, 2.05) is 24.4 Å². The van der Waals surface area contributed by atoms with Crippen LogP contribution in [0.25, 0.3) is 10.9 Å². The van der Waals surface area contributed by atoms with Gasteiger partial charge in [0.2, 0.25) is 0 Å². The predicted octanol–water partition coefficient (Wildman–Crippen LogP) is 5.73. The molecule has 2 heterocycles. The van der Waals surface area contributed by atoms with E-state index in [9.17, 15) is 4.79 Å². The van der Waals surface area contributed by atoms with Gasteiger partial charge in [-0.2, -0.15) is 0 Å². The largest absolute Gasteiger partial charge is 0.465 e. The highest BCUT2D eigenvalue weighted by atomic mass is 16.4. The first-order chi connectivity index (χ1) is 13.5. The Balaban J connectivity index is 0.000000163. The number of benzene rings is 2. The smallest absolute Gasteiger partial charge is 0.409 e. The van der Waals surface area contributed by atoms with Crippen molar-refractivity contribution in [3.63, 3.8) is 0 Å². The number of nitrogens with one attached hydrogen (secondary N) is 1. The summed E-state index contributed by atoms with van der Waals surface area (Å²) in [5.41, 5.74) is 4.26. The van der Waals surface area contributed by atoms with Crippen molar-refractivity contribution in [2.75, 3.05) is 23.3 Å². The Labute approximate surface area is 166 Å².